The van der Waals surface area contributed by atoms with Crippen LogP contribution in [0.5, 0.6) is 0 Å². The van der Waals surface area contributed by atoms with Crippen LogP contribution in [0.4, 0.5) is 9.59 Å². The zero-order chi connectivity index (χ0) is 41.8. The van der Waals surface area contributed by atoms with Gasteiger partial charge in [-0.05, 0) is 117 Å². The summed E-state index contributed by atoms with van der Waals surface area (Å²) in [4.78, 5) is 46.0. The Bertz CT molecular complexity index is 1660. The van der Waals surface area contributed by atoms with Gasteiger partial charge in [0.2, 0.25) is 0 Å². The number of allylic oxidation sites excluding steroid dienone is 1. The van der Waals surface area contributed by atoms with Gasteiger partial charge in [-0.25, -0.2) is 29.2 Å². The third kappa shape index (κ3) is 11.6. The van der Waals surface area contributed by atoms with Crippen LogP contribution in [0.3, 0.4) is 0 Å². The molecule has 5 heterocycles. The predicted octanol–water partition coefficient (Wildman–Crippen LogP) is 3.58. The predicted molar refractivity (Wildman–Crippen MR) is 234 cm³/mol. The van der Waals surface area contributed by atoms with E-state index in [2.05, 4.69) is 81.0 Å². The van der Waals surface area contributed by atoms with E-state index in [1.165, 1.54) is 34.9 Å². The van der Waals surface area contributed by atoms with E-state index < -0.39 is 16.8 Å². The quantitative estimate of drug-likeness (QED) is 0.161. The topological polar surface area (TPSA) is 118 Å². The smallest absolute Gasteiger partial charge is 1.00 e. The molecule has 1 unspecified atom stereocenters. The Labute approximate surface area is 376 Å². The van der Waals surface area contributed by atoms with E-state index in [-0.39, 0.29) is 53.4 Å². The molecule has 5 aliphatic heterocycles. The first-order chi connectivity index (χ1) is 27.3. The first-order valence-electron chi connectivity index (χ1n) is 20.9. The molecule has 0 saturated carbocycles. The molecule has 0 aromatic heterocycles. The van der Waals surface area contributed by atoms with Crippen molar-refractivity contribution in [1.82, 2.24) is 30.2 Å². The number of hydrogen-bond donors (Lipinski definition) is 3. The second-order valence-electron chi connectivity index (χ2n) is 16.0. The summed E-state index contributed by atoms with van der Waals surface area (Å²) in [6, 6.07) is 12.3. The Balaban J connectivity index is 0.000000334. The molecule has 0 radical (unpaired) electrons. The van der Waals surface area contributed by atoms with E-state index in [9.17, 15) is 19.5 Å². The van der Waals surface area contributed by atoms with Gasteiger partial charge in [0.25, 0.3) is 5.91 Å². The van der Waals surface area contributed by atoms with Gasteiger partial charge in [0.1, 0.15) is 5.54 Å². The Morgan fingerprint density at radius 3 is 1.58 bits per heavy atom. The van der Waals surface area contributed by atoms with E-state index in [1.807, 2.05) is 32.6 Å². The number of piperidine rings is 2. The van der Waals surface area contributed by atoms with E-state index in [0.717, 1.165) is 74.5 Å². The number of aliphatic hydroxyl groups is 1. The second-order valence-corrected chi connectivity index (χ2v) is 16.0. The maximum Gasteiger partial charge on any atom is 2.00 e. The molecule has 13 heteroatoms. The molecule has 5 saturated heterocycles. The van der Waals surface area contributed by atoms with Gasteiger partial charge in [-0.3, -0.25) is 14.6 Å². The number of rotatable bonds is 8. The minimum Gasteiger partial charge on any atom is -1.00 e. The minimum atomic E-state index is -1.23. The maximum absolute atomic E-state index is 13.3. The molecule has 59 heavy (non-hydrogen) atoms. The SMILES string of the molecule is C1CCOC1.C=CCC1(O)N(Cc2cc(C)cc(C)c2)C(=O)N(CC)C12CCNCC2.C=C[CH2-].CCN1C(=O)N(Cc2cc(C)cc(C)c2)C(=O)C12CCNCC2.[Cl-].[Mg+2]. The maximum atomic E-state index is 13.3. The third-order valence-corrected chi connectivity index (χ3v) is 11.8. The molecule has 2 aromatic rings. The summed E-state index contributed by atoms with van der Waals surface area (Å²) in [5.41, 5.74) is 4.30. The number of carbonyl (C=O) groups excluding carboxylic acids is 3. The van der Waals surface area contributed by atoms with Crippen LogP contribution in [0.25, 0.3) is 0 Å². The van der Waals surface area contributed by atoms with Gasteiger partial charge in [-0.2, -0.15) is 0 Å². The third-order valence-electron chi connectivity index (χ3n) is 11.8. The number of hydrogen-bond acceptors (Lipinski definition) is 7. The standard InChI is InChI=1S/C21H31N3O2.C18H25N3O2.C4H8O.C3H5.ClH.Mg/c1-5-7-21(26)20(8-10-22-11-9-20)23(6-2)19(25)24(21)15-18-13-16(3)12-17(4)14-18;1-4-21-17(23)20(12-15-10-13(2)9-14(3)11-15)16(22)18(21)5-7-19-8-6-18;1-2-4-5-3-1;1-3-2;;/h5,12-14,22,26H,1,6-11,15H2,2-4H3;9-11,19H,4-8,12H2,1-3H3;1-4H2;3H,1-2H2;1H;/q;;;-1;;+2/p-1. The van der Waals surface area contributed by atoms with Gasteiger partial charge in [-0.15, -0.1) is 6.58 Å². The van der Waals surface area contributed by atoms with Crippen molar-refractivity contribution >= 4 is 41.0 Å². The molecule has 5 aliphatic rings. The number of likely N-dealkylation sites (N-methyl/N-ethyl adjacent to an activating group) is 2. The number of imide groups is 1. The summed E-state index contributed by atoms with van der Waals surface area (Å²) in [6.07, 6.45) is 9.08. The fraction of sp³-hybridized carbons (Fsp3) is 0.565. The summed E-state index contributed by atoms with van der Waals surface area (Å²) in [7, 11) is 0. The zero-order valence-electron chi connectivity index (χ0n) is 36.7. The number of aryl methyl sites for hydroxylation is 4. The molecular formula is C46H69ClMgN6O5. The van der Waals surface area contributed by atoms with Gasteiger partial charge >= 0.3 is 35.1 Å². The molecule has 11 nitrogen and oxygen atoms in total. The number of urea groups is 2. The summed E-state index contributed by atoms with van der Waals surface area (Å²) in [5, 5.41) is 18.5. The van der Waals surface area contributed by atoms with E-state index in [4.69, 9.17) is 4.74 Å². The average molecular weight is 846 g/mol. The summed E-state index contributed by atoms with van der Waals surface area (Å²) in [6.45, 7) is 29.6. The van der Waals surface area contributed by atoms with Crippen molar-refractivity contribution in [2.24, 2.45) is 0 Å². The van der Waals surface area contributed by atoms with Crippen LogP contribution in [0.1, 0.15) is 92.2 Å². The molecule has 322 valence electrons. The normalized spacial score (nSPS) is 21.4. The number of carbonyl (C=O) groups is 3. The molecule has 2 spiro atoms. The van der Waals surface area contributed by atoms with Crippen LogP contribution < -0.4 is 23.0 Å². The van der Waals surface area contributed by atoms with Crippen LogP contribution in [0.15, 0.2) is 61.7 Å². The molecular weight excluding hydrogens is 776 g/mol. The van der Waals surface area contributed by atoms with Gasteiger partial charge < -0.3 is 42.7 Å². The number of ether oxygens (including phenoxy) is 1. The fourth-order valence-corrected chi connectivity index (χ4v) is 9.48. The van der Waals surface area contributed by atoms with Crippen molar-refractivity contribution in [3.63, 3.8) is 0 Å². The number of nitrogens with zero attached hydrogens (tertiary/aromatic N) is 4. The van der Waals surface area contributed by atoms with Crippen molar-refractivity contribution in [2.75, 3.05) is 52.5 Å². The number of amides is 5. The second kappa shape index (κ2) is 23.8. The van der Waals surface area contributed by atoms with Gasteiger partial charge in [0.15, 0.2) is 5.72 Å². The van der Waals surface area contributed by atoms with Gasteiger partial charge in [0.05, 0.1) is 18.6 Å². The molecule has 0 bridgehead atoms. The molecule has 3 N–H and O–H groups in total. The Morgan fingerprint density at radius 2 is 1.17 bits per heavy atom. The average Bonchev–Trinajstić information content (AvgIpc) is 3.85. The van der Waals surface area contributed by atoms with Crippen molar-refractivity contribution in [2.45, 2.75) is 116 Å². The summed E-state index contributed by atoms with van der Waals surface area (Å²) < 4.78 is 4.94. The number of halogens is 1. The van der Waals surface area contributed by atoms with Crippen LogP contribution in [0, 0.1) is 34.6 Å². The molecule has 0 aliphatic carbocycles. The minimum absolute atomic E-state index is 0. The first kappa shape index (κ1) is 52.0. The van der Waals surface area contributed by atoms with Gasteiger partial charge in [0, 0.05) is 32.7 Å². The van der Waals surface area contributed by atoms with Crippen LogP contribution in [-0.4, -0.2) is 135 Å². The summed E-state index contributed by atoms with van der Waals surface area (Å²) >= 11 is 0. The number of benzene rings is 2. The van der Waals surface area contributed by atoms with Crippen molar-refractivity contribution < 1.29 is 36.6 Å². The molecule has 1 atom stereocenters. The Hall–Kier alpha value is -3.10. The van der Waals surface area contributed by atoms with Crippen LogP contribution in [0.2, 0.25) is 0 Å². The Morgan fingerprint density at radius 1 is 0.729 bits per heavy atom. The fourth-order valence-electron chi connectivity index (χ4n) is 9.48. The largest absolute Gasteiger partial charge is 2.00 e. The van der Waals surface area contributed by atoms with E-state index >= 15 is 0 Å². The van der Waals surface area contributed by atoms with Crippen molar-refractivity contribution in [1.29, 1.82) is 0 Å². The molecule has 5 fully saturated rings. The summed E-state index contributed by atoms with van der Waals surface area (Å²) in [5.74, 6) is -0.0231. The molecule has 5 amide bonds. The monoisotopic (exact) mass is 844 g/mol. The zero-order valence-corrected chi connectivity index (χ0v) is 38.9. The first-order valence-corrected chi connectivity index (χ1v) is 20.9. The van der Waals surface area contributed by atoms with Crippen molar-refractivity contribution in [3.8, 4) is 0 Å². The molecule has 7 rings (SSSR count). The van der Waals surface area contributed by atoms with Crippen molar-refractivity contribution in [3.05, 3.63) is 102 Å². The number of nitrogens with one attached hydrogen (secondary N) is 2. The van der Waals surface area contributed by atoms with E-state index in [0.29, 0.717) is 45.4 Å². The van der Waals surface area contributed by atoms with Crippen LogP contribution in [-0.2, 0) is 22.6 Å². The van der Waals surface area contributed by atoms with E-state index in [1.54, 1.807) is 15.9 Å². The van der Waals surface area contributed by atoms with Crippen LogP contribution >= 0.6 is 0 Å². The van der Waals surface area contributed by atoms with Gasteiger partial charge in [-0.1, -0.05) is 64.7 Å². The molecule has 2 aromatic carbocycles. The Kier molecular flexibility index (Phi) is 21.0.